The number of rotatable bonds is 4. The Balaban J connectivity index is 3.30. The van der Waals surface area contributed by atoms with E-state index in [0.29, 0.717) is 0 Å². The highest BCUT2D eigenvalue weighted by Gasteiger charge is 1.98. The molecule has 0 aromatic rings. The van der Waals surface area contributed by atoms with Gasteiger partial charge in [0.15, 0.2) is 0 Å². The van der Waals surface area contributed by atoms with Gasteiger partial charge in [-0.3, -0.25) is 4.79 Å². The van der Waals surface area contributed by atoms with Crippen LogP contribution in [0.1, 0.15) is 13.3 Å². The Kier molecular flexibility index (Phi) is 5.98. The molecular weight excluding hydrogens is 148 g/mol. The summed E-state index contributed by atoms with van der Waals surface area (Å²) in [5, 5.41) is 0. The lowest BCUT2D eigenvalue weighted by atomic mass is 10.4. The zero-order valence-electron chi connectivity index (χ0n) is 6.28. The van der Waals surface area contributed by atoms with Crippen molar-refractivity contribution < 1.29 is 19.1 Å². The van der Waals surface area contributed by atoms with E-state index in [0.717, 1.165) is 6.42 Å². The molecule has 0 bridgehead atoms. The Morgan fingerprint density at radius 2 is 2.18 bits per heavy atom. The van der Waals surface area contributed by atoms with Crippen LogP contribution in [0.25, 0.3) is 0 Å². The van der Waals surface area contributed by atoms with Gasteiger partial charge in [0.1, 0.15) is 6.61 Å². The molecule has 0 aliphatic rings. The molecule has 0 aromatic heterocycles. The summed E-state index contributed by atoms with van der Waals surface area (Å²) in [7, 11) is 0. The summed E-state index contributed by atoms with van der Waals surface area (Å²) < 4.78 is 8.25. The maximum Gasteiger partial charge on any atom is 0.516 e. The fourth-order valence-corrected chi connectivity index (χ4v) is 0.424. The maximum absolute atomic E-state index is 10.3. The second-order valence-electron chi connectivity index (χ2n) is 1.65. The van der Waals surface area contributed by atoms with Gasteiger partial charge in [0.2, 0.25) is 0 Å². The lowest BCUT2D eigenvalue weighted by Gasteiger charge is -1.95. The molecule has 0 radical (unpaired) electrons. The molecule has 62 valence electrons. The second kappa shape index (κ2) is 6.80. The summed E-state index contributed by atoms with van der Waals surface area (Å²) in [6, 6.07) is 0. The smallest absolute Gasteiger partial charge is 0.430 e. The number of carbonyl (C=O) groups excluding carboxylic acids is 2. The standard InChI is InChI=1S/C7H10O4/c1-2-3-4-5-10-7(9)11-6-8/h3-4,6H,2,5H2,1H3. The van der Waals surface area contributed by atoms with Crippen molar-refractivity contribution >= 4 is 12.6 Å². The fraction of sp³-hybridized carbons (Fsp3) is 0.429. The first kappa shape index (κ1) is 9.68. The fourth-order valence-electron chi connectivity index (χ4n) is 0.424. The molecule has 0 N–H and O–H groups in total. The van der Waals surface area contributed by atoms with Crippen molar-refractivity contribution in [2.45, 2.75) is 13.3 Å². The van der Waals surface area contributed by atoms with E-state index < -0.39 is 6.16 Å². The minimum atomic E-state index is -0.972. The SMILES string of the molecule is CCC=CCOC(=O)OC=O. The van der Waals surface area contributed by atoms with Crippen molar-refractivity contribution in [3.63, 3.8) is 0 Å². The van der Waals surface area contributed by atoms with Crippen LogP contribution in [-0.2, 0) is 14.3 Å². The Bertz CT molecular complexity index is 151. The lowest BCUT2D eigenvalue weighted by molar-refractivity contribution is -0.125. The van der Waals surface area contributed by atoms with Crippen molar-refractivity contribution in [3.8, 4) is 0 Å². The molecule has 0 fully saturated rings. The Labute approximate surface area is 64.8 Å². The van der Waals surface area contributed by atoms with E-state index in [-0.39, 0.29) is 13.1 Å². The predicted octanol–water partition coefficient (Wildman–Crippen LogP) is 1.26. The van der Waals surface area contributed by atoms with Gasteiger partial charge < -0.3 is 9.47 Å². The van der Waals surface area contributed by atoms with Crippen LogP contribution >= 0.6 is 0 Å². The van der Waals surface area contributed by atoms with Crippen molar-refractivity contribution in [2.75, 3.05) is 6.61 Å². The molecule has 0 aliphatic carbocycles. The van der Waals surface area contributed by atoms with Crippen molar-refractivity contribution in [1.29, 1.82) is 0 Å². The van der Waals surface area contributed by atoms with E-state index in [4.69, 9.17) is 0 Å². The predicted molar refractivity (Wildman–Crippen MR) is 37.9 cm³/mol. The van der Waals surface area contributed by atoms with Crippen molar-refractivity contribution in [1.82, 2.24) is 0 Å². The van der Waals surface area contributed by atoms with E-state index >= 15 is 0 Å². The second-order valence-corrected chi connectivity index (χ2v) is 1.65. The number of ether oxygens (including phenoxy) is 2. The van der Waals surface area contributed by atoms with Gasteiger partial charge in [0.05, 0.1) is 0 Å². The van der Waals surface area contributed by atoms with E-state index in [1.165, 1.54) is 0 Å². The number of hydrogen-bond donors (Lipinski definition) is 0. The van der Waals surface area contributed by atoms with Crippen molar-refractivity contribution in [2.24, 2.45) is 0 Å². The van der Waals surface area contributed by atoms with E-state index in [1.54, 1.807) is 6.08 Å². The highest BCUT2D eigenvalue weighted by molar-refractivity contribution is 5.69. The first-order valence-electron chi connectivity index (χ1n) is 3.23. The van der Waals surface area contributed by atoms with E-state index in [1.807, 2.05) is 13.0 Å². The van der Waals surface area contributed by atoms with Crippen LogP contribution in [0.15, 0.2) is 12.2 Å². The van der Waals surface area contributed by atoms with E-state index in [2.05, 4.69) is 9.47 Å². The zero-order chi connectivity index (χ0) is 8.53. The van der Waals surface area contributed by atoms with Crippen LogP contribution in [-0.4, -0.2) is 19.2 Å². The van der Waals surface area contributed by atoms with E-state index in [9.17, 15) is 9.59 Å². The van der Waals surface area contributed by atoms with Gasteiger partial charge in [0, 0.05) is 0 Å². The molecule has 0 unspecified atom stereocenters. The lowest BCUT2D eigenvalue weighted by Crippen LogP contribution is -2.05. The average Bonchev–Trinajstić information content (AvgIpc) is 1.99. The third-order valence-corrected chi connectivity index (χ3v) is 0.844. The topological polar surface area (TPSA) is 52.6 Å². The zero-order valence-corrected chi connectivity index (χ0v) is 6.28. The van der Waals surface area contributed by atoms with Gasteiger partial charge in [-0.25, -0.2) is 4.79 Å². The minimum absolute atomic E-state index is 0.0336. The highest BCUT2D eigenvalue weighted by atomic mass is 16.7. The first-order valence-corrected chi connectivity index (χ1v) is 3.23. The molecule has 11 heavy (non-hydrogen) atoms. The summed E-state index contributed by atoms with van der Waals surface area (Å²) in [4.78, 5) is 19.9. The Hall–Kier alpha value is -1.32. The van der Waals surface area contributed by atoms with Gasteiger partial charge in [0.25, 0.3) is 0 Å². The maximum atomic E-state index is 10.3. The minimum Gasteiger partial charge on any atom is -0.430 e. The molecule has 4 heteroatoms. The highest BCUT2D eigenvalue weighted by Crippen LogP contribution is 1.85. The molecule has 0 amide bonds. The molecule has 0 rings (SSSR count). The summed E-state index contributed by atoms with van der Waals surface area (Å²) in [5.41, 5.74) is 0. The Morgan fingerprint density at radius 3 is 2.73 bits per heavy atom. The number of allylic oxidation sites excluding steroid dienone is 1. The normalized spacial score (nSPS) is 9.55. The molecule has 0 atom stereocenters. The summed E-state index contributed by atoms with van der Waals surface area (Å²) in [6.45, 7) is 2.13. The summed E-state index contributed by atoms with van der Waals surface area (Å²) >= 11 is 0. The molecular formula is C7H10O4. The van der Waals surface area contributed by atoms with Gasteiger partial charge in [-0.1, -0.05) is 19.1 Å². The first-order chi connectivity index (χ1) is 5.31. The van der Waals surface area contributed by atoms with Gasteiger partial charge >= 0.3 is 12.6 Å². The molecule has 4 nitrogen and oxygen atoms in total. The van der Waals surface area contributed by atoms with Gasteiger partial charge in [-0.2, -0.15) is 0 Å². The van der Waals surface area contributed by atoms with Crippen LogP contribution in [0, 0.1) is 0 Å². The third-order valence-electron chi connectivity index (χ3n) is 0.844. The van der Waals surface area contributed by atoms with Crippen LogP contribution < -0.4 is 0 Å². The quantitative estimate of drug-likeness (QED) is 0.267. The van der Waals surface area contributed by atoms with Gasteiger partial charge in [-0.05, 0) is 6.42 Å². The molecule has 0 saturated carbocycles. The van der Waals surface area contributed by atoms with Crippen molar-refractivity contribution in [3.05, 3.63) is 12.2 Å². The van der Waals surface area contributed by atoms with Crippen LogP contribution in [0.3, 0.4) is 0 Å². The molecule has 0 aromatic carbocycles. The third kappa shape index (κ3) is 6.57. The van der Waals surface area contributed by atoms with Crippen LogP contribution in [0.2, 0.25) is 0 Å². The summed E-state index contributed by atoms with van der Waals surface area (Å²) in [6.07, 6.45) is 3.42. The largest absolute Gasteiger partial charge is 0.516 e. The average molecular weight is 158 g/mol. The molecule has 0 spiro atoms. The number of carbonyl (C=O) groups is 2. The van der Waals surface area contributed by atoms with Crippen LogP contribution in [0.5, 0.6) is 0 Å². The van der Waals surface area contributed by atoms with Crippen LogP contribution in [0.4, 0.5) is 4.79 Å². The monoisotopic (exact) mass is 158 g/mol. The Morgan fingerprint density at radius 1 is 1.45 bits per heavy atom. The summed E-state index contributed by atoms with van der Waals surface area (Å²) in [5.74, 6) is 0. The molecule has 0 saturated heterocycles. The van der Waals surface area contributed by atoms with Gasteiger partial charge in [-0.15, -0.1) is 0 Å². The molecule has 0 aliphatic heterocycles. The number of hydrogen-bond acceptors (Lipinski definition) is 4. The molecule has 0 heterocycles.